The zero-order chi connectivity index (χ0) is 22.1. The molecule has 2 aliphatic rings. The monoisotopic (exact) mass is 428 g/mol. The van der Waals surface area contributed by atoms with Crippen LogP contribution >= 0.6 is 0 Å². The molecule has 8 heteroatoms. The number of likely N-dealkylation sites (tertiary alicyclic amines) is 1. The highest BCUT2D eigenvalue weighted by molar-refractivity contribution is 6.45. The first-order valence-corrected chi connectivity index (χ1v) is 10.0. The number of rotatable bonds is 5. The van der Waals surface area contributed by atoms with Gasteiger partial charge in [0.2, 0.25) is 0 Å². The molecular weight excluding hydrogens is 406 g/mol. The summed E-state index contributed by atoms with van der Waals surface area (Å²) in [5.74, 6) is -2.42. The smallest absolute Gasteiger partial charge is 0.282 e. The van der Waals surface area contributed by atoms with E-state index in [-0.39, 0.29) is 17.0 Å². The van der Waals surface area contributed by atoms with E-state index in [9.17, 15) is 18.4 Å². The lowest BCUT2D eigenvalue weighted by molar-refractivity contribution is -0.120. The number of ether oxygens (including phenoxy) is 2. The van der Waals surface area contributed by atoms with Gasteiger partial charge in [-0.1, -0.05) is 6.07 Å². The predicted molar refractivity (Wildman–Crippen MR) is 111 cm³/mol. The van der Waals surface area contributed by atoms with E-state index in [2.05, 4.69) is 0 Å². The summed E-state index contributed by atoms with van der Waals surface area (Å²) < 4.78 is 37.9. The molecule has 162 valence electrons. The third-order valence-electron chi connectivity index (χ3n) is 5.57. The van der Waals surface area contributed by atoms with Gasteiger partial charge in [0, 0.05) is 19.2 Å². The molecule has 2 aromatic rings. The van der Waals surface area contributed by atoms with Gasteiger partial charge in [-0.2, -0.15) is 0 Å². The Morgan fingerprint density at radius 3 is 2.16 bits per heavy atom. The Kier molecular flexibility index (Phi) is 5.63. The Labute approximate surface area is 178 Å². The number of carbonyl (C=O) groups excluding carboxylic acids is 2. The number of piperidine rings is 1. The van der Waals surface area contributed by atoms with Gasteiger partial charge < -0.3 is 14.4 Å². The van der Waals surface area contributed by atoms with Crippen LogP contribution in [0.2, 0.25) is 0 Å². The van der Waals surface area contributed by atoms with Crippen molar-refractivity contribution >= 4 is 23.1 Å². The van der Waals surface area contributed by atoms with Crippen molar-refractivity contribution in [1.29, 1.82) is 0 Å². The van der Waals surface area contributed by atoms with E-state index in [4.69, 9.17) is 9.47 Å². The maximum atomic E-state index is 13.9. The Hall–Kier alpha value is -3.42. The highest BCUT2D eigenvalue weighted by Gasteiger charge is 2.43. The van der Waals surface area contributed by atoms with Gasteiger partial charge in [0.05, 0.1) is 25.5 Å². The lowest BCUT2D eigenvalue weighted by atomic mass is 10.0. The first-order valence-electron chi connectivity index (χ1n) is 10.0. The first kappa shape index (κ1) is 20.8. The molecule has 2 aromatic carbocycles. The van der Waals surface area contributed by atoms with E-state index >= 15 is 0 Å². The van der Waals surface area contributed by atoms with E-state index in [0.717, 1.165) is 36.3 Å². The molecule has 2 aliphatic heterocycles. The minimum absolute atomic E-state index is 0.0149. The average molecular weight is 428 g/mol. The lowest BCUT2D eigenvalue weighted by Crippen LogP contribution is -2.37. The van der Waals surface area contributed by atoms with E-state index in [1.54, 1.807) is 18.2 Å². The van der Waals surface area contributed by atoms with Crippen molar-refractivity contribution in [2.24, 2.45) is 0 Å². The van der Waals surface area contributed by atoms with Crippen molar-refractivity contribution in [1.82, 2.24) is 4.90 Å². The van der Waals surface area contributed by atoms with Crippen LogP contribution in [0.3, 0.4) is 0 Å². The molecule has 2 amide bonds. The Bertz CT molecular complexity index is 1080. The number of hydrogen-bond donors (Lipinski definition) is 0. The fourth-order valence-electron chi connectivity index (χ4n) is 4.04. The number of amides is 2. The highest BCUT2D eigenvalue weighted by atomic mass is 19.2. The normalized spacial score (nSPS) is 16.9. The summed E-state index contributed by atoms with van der Waals surface area (Å²) >= 11 is 0. The number of methoxy groups -OCH3 is 2. The van der Waals surface area contributed by atoms with Crippen molar-refractivity contribution in [2.75, 3.05) is 32.2 Å². The summed E-state index contributed by atoms with van der Waals surface area (Å²) in [5, 5.41) is 0. The van der Waals surface area contributed by atoms with Gasteiger partial charge in [0.25, 0.3) is 11.8 Å². The third kappa shape index (κ3) is 3.62. The molecule has 1 fully saturated rings. The van der Waals surface area contributed by atoms with E-state index in [1.165, 1.54) is 20.3 Å². The summed E-state index contributed by atoms with van der Waals surface area (Å²) in [6.45, 7) is 1.27. The molecule has 0 aromatic heterocycles. The molecule has 0 saturated carbocycles. The quantitative estimate of drug-likeness (QED) is 0.679. The fourth-order valence-corrected chi connectivity index (χ4v) is 4.04. The number of benzene rings is 2. The molecular formula is C23H22F2N2O4. The van der Waals surface area contributed by atoms with Gasteiger partial charge in [-0.25, -0.2) is 13.7 Å². The summed E-state index contributed by atoms with van der Waals surface area (Å²) in [4.78, 5) is 29.7. The van der Waals surface area contributed by atoms with Crippen LogP contribution in [0.25, 0.3) is 5.57 Å². The van der Waals surface area contributed by atoms with Crippen LogP contribution in [-0.2, 0) is 9.59 Å². The van der Waals surface area contributed by atoms with Gasteiger partial charge in [0.1, 0.15) is 5.70 Å². The van der Waals surface area contributed by atoms with Crippen molar-refractivity contribution in [3.63, 3.8) is 0 Å². The van der Waals surface area contributed by atoms with Gasteiger partial charge in [-0.05, 0) is 49.1 Å². The van der Waals surface area contributed by atoms with Gasteiger partial charge in [-0.15, -0.1) is 0 Å². The molecule has 2 heterocycles. The second-order valence-electron chi connectivity index (χ2n) is 7.39. The number of carbonyl (C=O) groups is 2. The van der Waals surface area contributed by atoms with E-state index in [0.29, 0.717) is 30.2 Å². The molecule has 0 aliphatic carbocycles. The van der Waals surface area contributed by atoms with Gasteiger partial charge in [-0.3, -0.25) is 9.59 Å². The van der Waals surface area contributed by atoms with Crippen LogP contribution in [-0.4, -0.2) is 44.0 Å². The van der Waals surface area contributed by atoms with Crippen LogP contribution < -0.4 is 14.4 Å². The molecule has 31 heavy (non-hydrogen) atoms. The highest BCUT2D eigenvalue weighted by Crippen LogP contribution is 2.39. The zero-order valence-corrected chi connectivity index (χ0v) is 17.3. The van der Waals surface area contributed by atoms with Gasteiger partial charge in [0.15, 0.2) is 23.1 Å². The van der Waals surface area contributed by atoms with Crippen molar-refractivity contribution < 1.29 is 27.8 Å². The molecule has 0 spiro atoms. The van der Waals surface area contributed by atoms with Crippen LogP contribution in [0.5, 0.6) is 11.5 Å². The van der Waals surface area contributed by atoms with Gasteiger partial charge >= 0.3 is 0 Å². The maximum Gasteiger partial charge on any atom is 0.282 e. The SMILES string of the molecule is COc1ccc(C2=C(N3CCCCC3)C(=O)N(c3ccc(F)c(F)c3)C2=O)cc1OC. The predicted octanol–water partition coefficient (Wildman–Crippen LogP) is 3.75. The van der Waals surface area contributed by atoms with Crippen LogP contribution in [0.4, 0.5) is 14.5 Å². The minimum atomic E-state index is -1.13. The second kappa shape index (κ2) is 8.37. The molecule has 0 unspecified atom stereocenters. The van der Waals surface area contributed by atoms with Crippen molar-refractivity contribution in [3.8, 4) is 11.5 Å². The number of nitrogens with zero attached hydrogens (tertiary/aromatic N) is 2. The molecule has 6 nitrogen and oxygen atoms in total. The Morgan fingerprint density at radius 1 is 0.806 bits per heavy atom. The summed E-state index contributed by atoms with van der Waals surface area (Å²) in [5.41, 5.74) is 0.944. The second-order valence-corrected chi connectivity index (χ2v) is 7.39. The summed E-state index contributed by atoms with van der Waals surface area (Å²) in [7, 11) is 2.99. The van der Waals surface area contributed by atoms with Crippen LogP contribution in [0.15, 0.2) is 42.1 Å². The number of imide groups is 1. The lowest BCUT2D eigenvalue weighted by Gasteiger charge is -2.29. The standard InChI is InChI=1S/C23H22F2N2O4/c1-30-18-9-6-14(12-19(18)31-2)20-21(26-10-4-3-5-11-26)23(29)27(22(20)28)15-7-8-16(24)17(25)13-15/h6-9,12-13H,3-5,10-11H2,1-2H3. The van der Waals surface area contributed by atoms with E-state index in [1.807, 2.05) is 4.90 Å². The molecule has 4 rings (SSSR count). The molecule has 0 atom stereocenters. The maximum absolute atomic E-state index is 13.9. The van der Waals surface area contributed by atoms with Crippen LogP contribution in [0, 0.1) is 11.6 Å². The number of hydrogen-bond acceptors (Lipinski definition) is 5. The largest absolute Gasteiger partial charge is 0.493 e. The van der Waals surface area contributed by atoms with Crippen molar-refractivity contribution in [3.05, 3.63) is 59.3 Å². The molecule has 0 bridgehead atoms. The minimum Gasteiger partial charge on any atom is -0.493 e. The summed E-state index contributed by atoms with van der Waals surface area (Å²) in [6.07, 6.45) is 2.84. The number of halogens is 2. The summed E-state index contributed by atoms with van der Waals surface area (Å²) in [6, 6.07) is 7.96. The van der Waals surface area contributed by atoms with Crippen molar-refractivity contribution in [2.45, 2.75) is 19.3 Å². The first-order chi connectivity index (χ1) is 15.0. The average Bonchev–Trinajstić information content (AvgIpc) is 3.05. The number of anilines is 1. The molecule has 1 saturated heterocycles. The Morgan fingerprint density at radius 2 is 1.52 bits per heavy atom. The van der Waals surface area contributed by atoms with E-state index < -0.39 is 23.4 Å². The van der Waals surface area contributed by atoms with Crippen LogP contribution in [0.1, 0.15) is 24.8 Å². The Balaban J connectivity index is 1.85. The molecule has 0 radical (unpaired) electrons. The fraction of sp³-hybridized carbons (Fsp3) is 0.304. The zero-order valence-electron chi connectivity index (χ0n) is 17.3. The molecule has 0 N–H and O–H groups in total. The third-order valence-corrected chi connectivity index (χ3v) is 5.57. The topological polar surface area (TPSA) is 59.1 Å².